The van der Waals surface area contributed by atoms with Crippen molar-refractivity contribution in [2.45, 2.75) is 368 Å². The van der Waals surface area contributed by atoms with Gasteiger partial charge in [0, 0.05) is 35.0 Å². The van der Waals surface area contributed by atoms with Gasteiger partial charge in [0.25, 0.3) is 5.91 Å². The number of allylic oxidation sites excluding steroid dienone is 1. The summed E-state index contributed by atoms with van der Waals surface area (Å²) in [6, 6.07) is 12.9. The minimum atomic E-state index is -0.961. The fourth-order valence-corrected chi connectivity index (χ4v) is 16.1. The van der Waals surface area contributed by atoms with Gasteiger partial charge in [-0.15, -0.1) is 11.3 Å². The van der Waals surface area contributed by atoms with Gasteiger partial charge >= 0.3 is 0 Å². The second kappa shape index (κ2) is 37.3. The lowest BCUT2D eigenvalue weighted by atomic mass is 9.66. The van der Waals surface area contributed by atoms with E-state index in [-0.39, 0.29) is 28.6 Å². The Bertz CT molecular complexity index is 2490. The van der Waals surface area contributed by atoms with Crippen LogP contribution in [0.2, 0.25) is 0 Å². The zero-order valence-corrected chi connectivity index (χ0v) is 59.4. The zero-order chi connectivity index (χ0) is 62.7. The van der Waals surface area contributed by atoms with Gasteiger partial charge < -0.3 is 18.6 Å². The molecule has 0 saturated carbocycles. The van der Waals surface area contributed by atoms with Crippen molar-refractivity contribution in [1.82, 2.24) is 9.80 Å². The SMILES string of the molecule is CCCCCCCCCCCCC(CCCCCCCCCC)CN1C(=O)C(C)(c2ccc(-c3ccc(C(C)(C)C)s3)o2)C2CC3(C)C(=C(c4ccc(C(C)(C)C)o4)C(=O)N3CC(CCCCCCCCCC)CCCCCCCCCCCC)C=C21. The molecule has 3 aromatic heterocycles. The number of carbonyl (C=O) groups is 2. The van der Waals surface area contributed by atoms with Crippen molar-refractivity contribution in [2.75, 3.05) is 13.1 Å². The van der Waals surface area contributed by atoms with Crippen LogP contribution in [-0.2, 0) is 25.8 Å². The van der Waals surface area contributed by atoms with Crippen LogP contribution in [-0.4, -0.2) is 40.2 Å². The van der Waals surface area contributed by atoms with Gasteiger partial charge in [0.1, 0.15) is 28.5 Å². The lowest BCUT2D eigenvalue weighted by molar-refractivity contribution is -0.133. The summed E-state index contributed by atoms with van der Waals surface area (Å²) in [5, 5.41) is 0. The number of likely N-dealkylation sites (tertiary alicyclic amines) is 1. The number of furan rings is 2. The van der Waals surface area contributed by atoms with E-state index in [4.69, 9.17) is 8.83 Å². The van der Waals surface area contributed by atoms with Crippen LogP contribution in [0.25, 0.3) is 16.2 Å². The molecule has 6 nitrogen and oxygen atoms in total. The molecule has 0 spiro atoms. The van der Waals surface area contributed by atoms with Crippen LogP contribution in [0.3, 0.4) is 0 Å². The lowest BCUT2D eigenvalue weighted by Crippen LogP contribution is -2.52. The van der Waals surface area contributed by atoms with Crippen LogP contribution >= 0.6 is 11.3 Å². The van der Waals surface area contributed by atoms with Crippen molar-refractivity contribution in [3.05, 3.63) is 75.9 Å². The Labute approximate surface area is 539 Å². The molecular formula is C80H132N2O4S. The van der Waals surface area contributed by atoms with Crippen LogP contribution < -0.4 is 0 Å². The van der Waals surface area contributed by atoms with Gasteiger partial charge in [0.2, 0.25) is 5.91 Å². The third kappa shape index (κ3) is 21.4. The average molecular weight is 1220 g/mol. The van der Waals surface area contributed by atoms with E-state index in [1.807, 2.05) is 0 Å². The van der Waals surface area contributed by atoms with Crippen LogP contribution in [0, 0.1) is 17.8 Å². The average Bonchev–Trinajstić information content (AvgIpc) is 1.54. The highest BCUT2D eigenvalue weighted by molar-refractivity contribution is 7.15. The number of nitrogens with zero attached hydrogens (tertiary/aromatic N) is 2. The highest BCUT2D eigenvalue weighted by Gasteiger charge is 2.63. The quantitative estimate of drug-likeness (QED) is 0.0529. The maximum Gasteiger partial charge on any atom is 0.258 e. The first kappa shape index (κ1) is 72.7. The van der Waals surface area contributed by atoms with E-state index in [9.17, 15) is 0 Å². The molecular weight excluding hydrogens is 1080 g/mol. The molecule has 7 heteroatoms. The molecule has 1 aliphatic carbocycles. The lowest BCUT2D eigenvalue weighted by Gasteiger charge is -2.45. The minimum absolute atomic E-state index is 0.0291. The number of thiophene rings is 1. The number of fused-ring (bicyclic) bond motifs is 2. The van der Waals surface area contributed by atoms with Gasteiger partial charge in [-0.2, -0.15) is 0 Å². The topological polar surface area (TPSA) is 66.9 Å². The van der Waals surface area contributed by atoms with Crippen molar-refractivity contribution in [1.29, 1.82) is 0 Å². The molecule has 492 valence electrons. The van der Waals surface area contributed by atoms with Crippen molar-refractivity contribution < 1.29 is 18.4 Å². The summed E-state index contributed by atoms with van der Waals surface area (Å²) in [6.45, 7) is 28.6. The predicted octanol–water partition coefficient (Wildman–Crippen LogP) is 25.2. The second-order valence-electron chi connectivity index (χ2n) is 30.6. The molecule has 87 heavy (non-hydrogen) atoms. The number of amides is 2. The third-order valence-corrected chi connectivity index (χ3v) is 22.4. The molecule has 3 aromatic rings. The number of rotatable bonds is 47. The maximum absolute atomic E-state index is 16.3. The molecule has 1 saturated heterocycles. The minimum Gasteiger partial charge on any atom is -0.460 e. The number of hydrogen-bond donors (Lipinski definition) is 0. The van der Waals surface area contributed by atoms with Gasteiger partial charge in [-0.25, -0.2) is 0 Å². The highest BCUT2D eigenvalue weighted by atomic mass is 32.1. The molecule has 5 atom stereocenters. The smallest absolute Gasteiger partial charge is 0.258 e. The second-order valence-corrected chi connectivity index (χ2v) is 31.7. The van der Waals surface area contributed by atoms with Crippen LogP contribution in [0.1, 0.15) is 368 Å². The molecule has 0 bridgehead atoms. The molecule has 0 radical (unpaired) electrons. The predicted molar refractivity (Wildman–Crippen MR) is 375 cm³/mol. The number of carbonyl (C=O) groups excluding carboxylic acids is 2. The van der Waals surface area contributed by atoms with E-state index in [0.717, 1.165) is 65.7 Å². The zero-order valence-electron chi connectivity index (χ0n) is 58.6. The van der Waals surface area contributed by atoms with Crippen molar-refractivity contribution in [3.8, 4) is 10.6 Å². The van der Waals surface area contributed by atoms with E-state index < -0.39 is 11.0 Å². The molecule has 5 unspecified atom stereocenters. The monoisotopic (exact) mass is 1220 g/mol. The maximum atomic E-state index is 16.3. The summed E-state index contributed by atoms with van der Waals surface area (Å²) >= 11 is 1.80. The Morgan fingerprint density at radius 1 is 0.494 bits per heavy atom. The molecule has 2 amide bonds. The third-order valence-electron chi connectivity index (χ3n) is 20.9. The van der Waals surface area contributed by atoms with Crippen molar-refractivity contribution >= 4 is 28.7 Å². The summed E-state index contributed by atoms with van der Waals surface area (Å²) in [5.74, 6) is 4.03. The first-order valence-corrected chi connectivity index (χ1v) is 38.2. The summed E-state index contributed by atoms with van der Waals surface area (Å²) in [5.41, 5.74) is 1.03. The molecule has 2 aliphatic heterocycles. The van der Waals surface area contributed by atoms with E-state index in [0.29, 0.717) is 36.1 Å². The van der Waals surface area contributed by atoms with E-state index in [1.54, 1.807) is 11.3 Å². The van der Waals surface area contributed by atoms with Gasteiger partial charge in [-0.3, -0.25) is 9.59 Å². The largest absolute Gasteiger partial charge is 0.460 e. The Morgan fingerprint density at radius 2 is 0.908 bits per heavy atom. The van der Waals surface area contributed by atoms with Crippen LogP contribution in [0.4, 0.5) is 0 Å². The fourth-order valence-electron chi connectivity index (χ4n) is 15.0. The van der Waals surface area contributed by atoms with E-state index in [2.05, 4.69) is 135 Å². The van der Waals surface area contributed by atoms with E-state index >= 15 is 9.59 Å². The Kier molecular flexibility index (Phi) is 31.1. The first-order chi connectivity index (χ1) is 41.9. The molecule has 1 fully saturated rings. The molecule has 6 rings (SSSR count). The fraction of sp³-hybridized carbons (Fsp3) is 0.775. The number of unbranched alkanes of at least 4 members (excludes halogenated alkanes) is 32. The molecule has 0 N–H and O–H groups in total. The molecule has 5 heterocycles. The van der Waals surface area contributed by atoms with Gasteiger partial charge in [0.15, 0.2) is 0 Å². The van der Waals surface area contributed by atoms with E-state index in [1.165, 1.54) is 236 Å². The Morgan fingerprint density at radius 3 is 1.31 bits per heavy atom. The standard InChI is InChI=1S/C80H132N2O4S/c1-13-17-21-25-29-33-35-39-42-46-50-63(49-45-41-37-31-27-23-19-15-3)61-81-67-59-65-74(69-54-56-71(86-69)77(5,6)7)75(83)82(62-64(51-47-43-38-32-28-24-20-16-4)52-48-44-40-36-34-30-26-22-18-14-2)79(65,11)60-66(67)80(12,76(81)84)72-57-53-68(85-72)70-55-58-73(87-70)78(8,9)10/h53-59,63-64,66H,13-52,60-62H2,1-12H3. The van der Waals surface area contributed by atoms with Crippen molar-refractivity contribution in [3.63, 3.8) is 0 Å². The van der Waals surface area contributed by atoms with Crippen LogP contribution in [0.15, 0.2) is 62.6 Å². The summed E-state index contributed by atoms with van der Waals surface area (Å²) < 4.78 is 14.0. The Balaban J connectivity index is 1.37. The number of hydrogen-bond acceptors (Lipinski definition) is 5. The van der Waals surface area contributed by atoms with Gasteiger partial charge in [-0.1, -0.05) is 300 Å². The summed E-state index contributed by atoms with van der Waals surface area (Å²) in [6.07, 6.45) is 55.0. The summed E-state index contributed by atoms with van der Waals surface area (Å²) in [4.78, 5) is 39.3. The first-order valence-electron chi connectivity index (χ1n) is 37.3. The molecule has 3 aliphatic rings. The summed E-state index contributed by atoms with van der Waals surface area (Å²) in [7, 11) is 0. The van der Waals surface area contributed by atoms with Crippen LogP contribution in [0.5, 0.6) is 0 Å². The molecule has 0 aromatic carbocycles. The van der Waals surface area contributed by atoms with Gasteiger partial charge in [-0.05, 0) is 111 Å². The van der Waals surface area contributed by atoms with Crippen molar-refractivity contribution in [2.24, 2.45) is 17.8 Å². The van der Waals surface area contributed by atoms with Gasteiger partial charge in [0.05, 0.1) is 16.0 Å². The Hall–Kier alpha value is -3.32. The highest BCUT2D eigenvalue weighted by Crippen LogP contribution is 2.59. The normalized spacial score (nSPS) is 19.7.